The zero-order chi connectivity index (χ0) is 13.0. The molecule has 102 valence electrons. The third-order valence-corrected chi connectivity index (χ3v) is 4.18. The minimum absolute atomic E-state index is 0.628. The zero-order valence-corrected chi connectivity index (χ0v) is 11.9. The van der Waals surface area contributed by atoms with Gasteiger partial charge in [0.2, 0.25) is 0 Å². The Morgan fingerprint density at radius 1 is 1.44 bits per heavy atom. The average Bonchev–Trinajstić information content (AvgIpc) is 2.80. The molecule has 1 aliphatic carbocycles. The summed E-state index contributed by atoms with van der Waals surface area (Å²) in [6, 6.07) is 0. The highest BCUT2D eigenvalue weighted by atomic mass is 15.4. The average molecular weight is 250 g/mol. The predicted octanol–water partition coefficient (Wildman–Crippen LogP) is 2.43. The molecule has 1 aromatic rings. The van der Waals surface area contributed by atoms with Crippen LogP contribution in [0.5, 0.6) is 0 Å². The molecule has 18 heavy (non-hydrogen) atoms. The molecular weight excluding hydrogens is 224 g/mol. The lowest BCUT2D eigenvalue weighted by Gasteiger charge is -2.34. The van der Waals surface area contributed by atoms with Crippen LogP contribution in [0.2, 0.25) is 0 Å². The second-order valence-corrected chi connectivity index (χ2v) is 5.72. The number of nitrogens with one attached hydrogen (secondary N) is 1. The van der Waals surface area contributed by atoms with Gasteiger partial charge in [-0.1, -0.05) is 25.5 Å². The van der Waals surface area contributed by atoms with Gasteiger partial charge in [0.15, 0.2) is 0 Å². The van der Waals surface area contributed by atoms with Gasteiger partial charge in [-0.15, -0.1) is 5.10 Å². The SMILES string of the molecule is CCCn1nncc1C1CC(C)CCC1CNC. The fourth-order valence-corrected chi connectivity index (χ4v) is 3.25. The summed E-state index contributed by atoms with van der Waals surface area (Å²) in [7, 11) is 2.05. The fraction of sp³-hybridized carbons (Fsp3) is 0.857. The number of nitrogens with zero attached hydrogens (tertiary/aromatic N) is 3. The second-order valence-electron chi connectivity index (χ2n) is 5.72. The van der Waals surface area contributed by atoms with Crippen LogP contribution in [0, 0.1) is 11.8 Å². The Labute approximate surface area is 110 Å². The molecule has 4 nitrogen and oxygen atoms in total. The van der Waals surface area contributed by atoms with Crippen LogP contribution in [0.25, 0.3) is 0 Å². The van der Waals surface area contributed by atoms with Gasteiger partial charge in [0.1, 0.15) is 0 Å². The molecule has 2 rings (SSSR count). The third-order valence-electron chi connectivity index (χ3n) is 4.18. The molecule has 0 amide bonds. The van der Waals surface area contributed by atoms with Crippen molar-refractivity contribution in [1.29, 1.82) is 0 Å². The third kappa shape index (κ3) is 2.91. The van der Waals surface area contributed by atoms with E-state index in [2.05, 4.69) is 41.2 Å². The van der Waals surface area contributed by atoms with Crippen LogP contribution in [0.3, 0.4) is 0 Å². The molecule has 0 radical (unpaired) electrons. The molecule has 0 bridgehead atoms. The first-order valence-corrected chi connectivity index (χ1v) is 7.29. The maximum Gasteiger partial charge on any atom is 0.0728 e. The van der Waals surface area contributed by atoms with Gasteiger partial charge < -0.3 is 5.32 Å². The van der Waals surface area contributed by atoms with Gasteiger partial charge in [0.25, 0.3) is 0 Å². The van der Waals surface area contributed by atoms with Crippen LogP contribution in [0.15, 0.2) is 6.20 Å². The van der Waals surface area contributed by atoms with Gasteiger partial charge in [-0.25, -0.2) is 4.68 Å². The number of hydrogen-bond acceptors (Lipinski definition) is 3. The van der Waals surface area contributed by atoms with Gasteiger partial charge in [-0.3, -0.25) is 0 Å². The Hall–Kier alpha value is -0.900. The number of aromatic nitrogens is 3. The largest absolute Gasteiger partial charge is 0.319 e. The maximum absolute atomic E-state index is 4.25. The molecule has 4 heteroatoms. The molecule has 0 saturated heterocycles. The van der Waals surface area contributed by atoms with Crippen molar-refractivity contribution >= 4 is 0 Å². The van der Waals surface area contributed by atoms with Crippen LogP contribution in [-0.4, -0.2) is 28.6 Å². The first-order valence-electron chi connectivity index (χ1n) is 7.29. The summed E-state index contributed by atoms with van der Waals surface area (Å²) >= 11 is 0. The lowest BCUT2D eigenvalue weighted by molar-refractivity contribution is 0.235. The molecule has 1 saturated carbocycles. The van der Waals surface area contributed by atoms with Crippen molar-refractivity contribution in [3.05, 3.63) is 11.9 Å². The molecule has 1 heterocycles. The monoisotopic (exact) mass is 250 g/mol. The zero-order valence-electron chi connectivity index (χ0n) is 11.9. The summed E-state index contributed by atoms with van der Waals surface area (Å²) in [5.74, 6) is 2.19. The molecule has 0 aromatic carbocycles. The van der Waals surface area contributed by atoms with Crippen LogP contribution in [-0.2, 0) is 6.54 Å². The highest BCUT2D eigenvalue weighted by Crippen LogP contribution is 2.39. The van der Waals surface area contributed by atoms with Gasteiger partial charge in [-0.05, 0) is 44.7 Å². The predicted molar refractivity (Wildman–Crippen MR) is 73.5 cm³/mol. The van der Waals surface area contributed by atoms with Crippen molar-refractivity contribution in [2.75, 3.05) is 13.6 Å². The fourth-order valence-electron chi connectivity index (χ4n) is 3.25. The minimum atomic E-state index is 0.628. The molecule has 1 fully saturated rings. The summed E-state index contributed by atoms with van der Waals surface area (Å²) in [5.41, 5.74) is 1.35. The van der Waals surface area contributed by atoms with E-state index in [4.69, 9.17) is 0 Å². The molecule has 3 unspecified atom stereocenters. The Morgan fingerprint density at radius 2 is 2.28 bits per heavy atom. The highest BCUT2D eigenvalue weighted by molar-refractivity contribution is 5.08. The quantitative estimate of drug-likeness (QED) is 0.872. The van der Waals surface area contributed by atoms with E-state index in [1.165, 1.54) is 25.0 Å². The summed E-state index contributed by atoms with van der Waals surface area (Å²) in [6.07, 6.45) is 7.07. The van der Waals surface area contributed by atoms with Gasteiger partial charge in [-0.2, -0.15) is 0 Å². The van der Waals surface area contributed by atoms with Crippen molar-refractivity contribution in [2.45, 2.75) is 52.0 Å². The van der Waals surface area contributed by atoms with Crippen LogP contribution < -0.4 is 5.32 Å². The van der Waals surface area contributed by atoms with Crippen molar-refractivity contribution in [3.8, 4) is 0 Å². The molecule has 1 aromatic heterocycles. The molecule has 1 N–H and O–H groups in total. The van der Waals surface area contributed by atoms with E-state index in [0.29, 0.717) is 5.92 Å². The Balaban J connectivity index is 2.17. The van der Waals surface area contributed by atoms with E-state index in [1.54, 1.807) is 0 Å². The van der Waals surface area contributed by atoms with Gasteiger partial charge >= 0.3 is 0 Å². The highest BCUT2D eigenvalue weighted by Gasteiger charge is 2.31. The van der Waals surface area contributed by atoms with Gasteiger partial charge in [0, 0.05) is 12.5 Å². The van der Waals surface area contributed by atoms with Crippen LogP contribution >= 0.6 is 0 Å². The normalized spacial score (nSPS) is 28.5. The Kier molecular flexibility index (Phi) is 4.75. The standard InChI is InChI=1S/C14H26N4/c1-4-7-18-14(10-16-17-18)13-8-11(2)5-6-12(13)9-15-3/h10-13,15H,4-9H2,1-3H3. The molecular formula is C14H26N4. The van der Waals surface area contributed by atoms with E-state index in [1.807, 2.05) is 6.20 Å². The van der Waals surface area contributed by atoms with E-state index in [-0.39, 0.29) is 0 Å². The Morgan fingerprint density at radius 3 is 3.00 bits per heavy atom. The first kappa shape index (κ1) is 13.5. The Bertz CT molecular complexity index is 360. The van der Waals surface area contributed by atoms with E-state index < -0.39 is 0 Å². The minimum Gasteiger partial charge on any atom is -0.319 e. The first-order chi connectivity index (χ1) is 8.76. The summed E-state index contributed by atoms with van der Waals surface area (Å²) in [6.45, 7) is 6.66. The maximum atomic E-state index is 4.25. The molecule has 3 atom stereocenters. The number of rotatable bonds is 5. The smallest absolute Gasteiger partial charge is 0.0728 e. The number of hydrogen-bond donors (Lipinski definition) is 1. The lowest BCUT2D eigenvalue weighted by atomic mass is 9.73. The van der Waals surface area contributed by atoms with E-state index >= 15 is 0 Å². The molecule has 0 spiro atoms. The summed E-state index contributed by atoms with van der Waals surface area (Å²) in [4.78, 5) is 0. The number of aryl methyl sites for hydroxylation is 1. The summed E-state index contributed by atoms with van der Waals surface area (Å²) < 4.78 is 2.12. The summed E-state index contributed by atoms with van der Waals surface area (Å²) in [5, 5.41) is 11.7. The van der Waals surface area contributed by atoms with Crippen molar-refractivity contribution in [1.82, 2.24) is 20.3 Å². The van der Waals surface area contributed by atoms with Crippen LogP contribution in [0.1, 0.15) is 51.1 Å². The van der Waals surface area contributed by atoms with E-state index in [9.17, 15) is 0 Å². The molecule has 1 aliphatic rings. The van der Waals surface area contributed by atoms with Crippen LogP contribution in [0.4, 0.5) is 0 Å². The van der Waals surface area contributed by atoms with Crippen molar-refractivity contribution < 1.29 is 0 Å². The van der Waals surface area contributed by atoms with Gasteiger partial charge in [0.05, 0.1) is 11.9 Å². The van der Waals surface area contributed by atoms with Crippen molar-refractivity contribution in [3.63, 3.8) is 0 Å². The molecule has 0 aliphatic heterocycles. The second kappa shape index (κ2) is 6.32. The van der Waals surface area contributed by atoms with E-state index in [0.717, 1.165) is 31.3 Å². The topological polar surface area (TPSA) is 42.7 Å². The van der Waals surface area contributed by atoms with Crippen molar-refractivity contribution in [2.24, 2.45) is 11.8 Å². The lowest BCUT2D eigenvalue weighted by Crippen LogP contribution is -2.31.